The van der Waals surface area contributed by atoms with Gasteiger partial charge in [-0.1, -0.05) is 36.8 Å². The molecule has 0 unspecified atom stereocenters. The van der Waals surface area contributed by atoms with Gasteiger partial charge >= 0.3 is 0 Å². The SMILES string of the molecule is Cl.Cn1nc(-c2ccccc2)c2c1CCN(C(=O)[C@@H]1CCC[C@H](N)C1)CC2. The topological polar surface area (TPSA) is 64.2 Å². The first-order valence-electron chi connectivity index (χ1n) is 9.78. The van der Waals surface area contributed by atoms with Gasteiger partial charge in [0.1, 0.15) is 0 Å². The molecule has 1 saturated carbocycles. The van der Waals surface area contributed by atoms with Crippen molar-refractivity contribution in [1.82, 2.24) is 14.7 Å². The van der Waals surface area contributed by atoms with Crippen molar-refractivity contribution in [3.05, 3.63) is 41.6 Å². The van der Waals surface area contributed by atoms with Crippen LogP contribution in [0.4, 0.5) is 0 Å². The second-order valence-electron chi connectivity index (χ2n) is 7.71. The van der Waals surface area contributed by atoms with E-state index in [1.165, 1.54) is 11.3 Å². The van der Waals surface area contributed by atoms with Crippen molar-refractivity contribution in [3.63, 3.8) is 0 Å². The van der Waals surface area contributed by atoms with E-state index in [2.05, 4.69) is 29.2 Å². The number of benzene rings is 1. The lowest BCUT2D eigenvalue weighted by molar-refractivity contribution is -0.136. The van der Waals surface area contributed by atoms with E-state index in [4.69, 9.17) is 10.8 Å². The van der Waals surface area contributed by atoms with Crippen molar-refractivity contribution in [1.29, 1.82) is 0 Å². The van der Waals surface area contributed by atoms with Crippen LogP contribution < -0.4 is 5.73 Å². The van der Waals surface area contributed by atoms with Gasteiger partial charge in [0.15, 0.2) is 0 Å². The molecule has 4 rings (SSSR count). The lowest BCUT2D eigenvalue weighted by Gasteiger charge is -2.30. The number of hydrogen-bond acceptors (Lipinski definition) is 3. The molecule has 1 aromatic heterocycles. The van der Waals surface area contributed by atoms with E-state index in [9.17, 15) is 4.79 Å². The second kappa shape index (κ2) is 8.44. The van der Waals surface area contributed by atoms with Crippen molar-refractivity contribution < 1.29 is 4.79 Å². The standard InChI is InChI=1S/C21H28N4O.ClH/c1-24-19-11-13-25(21(26)16-8-5-9-17(22)14-16)12-10-18(19)20(23-24)15-6-3-2-4-7-15;/h2-4,6-7,16-17H,5,8-14,22H2,1H3;1H/t16-,17+;/m1./s1. The Morgan fingerprint density at radius 1 is 1.15 bits per heavy atom. The molecule has 27 heavy (non-hydrogen) atoms. The van der Waals surface area contributed by atoms with Crippen LogP contribution in [-0.4, -0.2) is 39.7 Å². The zero-order valence-corrected chi connectivity index (χ0v) is 16.8. The number of halogens is 1. The summed E-state index contributed by atoms with van der Waals surface area (Å²) >= 11 is 0. The number of hydrogen-bond donors (Lipinski definition) is 1. The van der Waals surface area contributed by atoms with Gasteiger partial charge in [-0.2, -0.15) is 5.10 Å². The zero-order valence-electron chi connectivity index (χ0n) is 15.9. The zero-order chi connectivity index (χ0) is 18.1. The molecule has 1 aromatic carbocycles. The normalized spacial score (nSPS) is 22.5. The first-order valence-corrected chi connectivity index (χ1v) is 9.78. The molecular formula is C21H29ClN4O. The number of rotatable bonds is 2. The molecular weight excluding hydrogens is 360 g/mol. The quantitative estimate of drug-likeness (QED) is 0.860. The van der Waals surface area contributed by atoms with Crippen LogP contribution in [0.5, 0.6) is 0 Å². The molecule has 0 radical (unpaired) electrons. The molecule has 2 aromatic rings. The summed E-state index contributed by atoms with van der Waals surface area (Å²) in [5.74, 6) is 0.425. The number of carbonyl (C=O) groups excluding carboxylic acids is 1. The van der Waals surface area contributed by atoms with Gasteiger partial charge in [0.2, 0.25) is 5.91 Å². The number of aryl methyl sites for hydroxylation is 1. The molecule has 2 aliphatic rings. The van der Waals surface area contributed by atoms with E-state index >= 15 is 0 Å². The summed E-state index contributed by atoms with van der Waals surface area (Å²) < 4.78 is 2.00. The summed E-state index contributed by atoms with van der Waals surface area (Å²) in [5, 5.41) is 4.77. The molecule has 146 valence electrons. The number of fused-ring (bicyclic) bond motifs is 1. The van der Waals surface area contributed by atoms with E-state index < -0.39 is 0 Å². The minimum Gasteiger partial charge on any atom is -0.342 e. The van der Waals surface area contributed by atoms with Crippen LogP contribution in [-0.2, 0) is 24.7 Å². The first kappa shape index (κ1) is 19.9. The summed E-state index contributed by atoms with van der Waals surface area (Å²) in [6.45, 7) is 1.56. The van der Waals surface area contributed by atoms with Gasteiger partial charge in [-0.05, 0) is 25.7 Å². The smallest absolute Gasteiger partial charge is 0.225 e. The maximum Gasteiger partial charge on any atom is 0.225 e. The largest absolute Gasteiger partial charge is 0.342 e. The molecule has 0 bridgehead atoms. The number of aromatic nitrogens is 2. The predicted molar refractivity (Wildman–Crippen MR) is 110 cm³/mol. The Morgan fingerprint density at radius 2 is 1.89 bits per heavy atom. The highest BCUT2D eigenvalue weighted by molar-refractivity contribution is 5.85. The fraction of sp³-hybridized carbons (Fsp3) is 0.524. The molecule has 1 fully saturated rings. The summed E-state index contributed by atoms with van der Waals surface area (Å²) in [5.41, 5.74) is 10.9. The van der Waals surface area contributed by atoms with Crippen molar-refractivity contribution in [3.8, 4) is 11.3 Å². The van der Waals surface area contributed by atoms with Gasteiger partial charge in [-0.25, -0.2) is 0 Å². The highest BCUT2D eigenvalue weighted by atomic mass is 35.5. The lowest BCUT2D eigenvalue weighted by Crippen LogP contribution is -2.41. The lowest BCUT2D eigenvalue weighted by atomic mass is 9.85. The highest BCUT2D eigenvalue weighted by Crippen LogP contribution is 2.30. The average Bonchev–Trinajstić information content (AvgIpc) is 2.83. The van der Waals surface area contributed by atoms with Crippen LogP contribution in [0.15, 0.2) is 30.3 Å². The number of amides is 1. The Morgan fingerprint density at radius 3 is 2.63 bits per heavy atom. The number of nitrogens with two attached hydrogens (primary N) is 1. The van der Waals surface area contributed by atoms with Gasteiger partial charge in [-0.15, -0.1) is 12.4 Å². The van der Waals surface area contributed by atoms with Crippen LogP contribution in [0.3, 0.4) is 0 Å². The van der Waals surface area contributed by atoms with Gasteiger partial charge < -0.3 is 10.6 Å². The van der Waals surface area contributed by atoms with Crippen LogP contribution in [0.2, 0.25) is 0 Å². The molecule has 0 spiro atoms. The molecule has 5 nitrogen and oxygen atoms in total. The third kappa shape index (κ3) is 4.04. The summed E-state index contributed by atoms with van der Waals surface area (Å²) in [6.07, 6.45) is 5.72. The minimum atomic E-state index is 0. The molecule has 0 saturated heterocycles. The Labute approximate surface area is 167 Å². The molecule has 2 heterocycles. The molecule has 6 heteroatoms. The molecule has 1 aliphatic heterocycles. The first-order chi connectivity index (χ1) is 12.6. The van der Waals surface area contributed by atoms with E-state index in [1.54, 1.807) is 0 Å². The van der Waals surface area contributed by atoms with E-state index in [1.807, 2.05) is 17.8 Å². The Bertz CT molecular complexity index is 789. The Balaban J connectivity index is 0.00000210. The minimum absolute atomic E-state index is 0. The van der Waals surface area contributed by atoms with Crippen LogP contribution in [0.25, 0.3) is 11.3 Å². The molecule has 1 aliphatic carbocycles. The van der Waals surface area contributed by atoms with Gasteiger partial charge in [-0.3, -0.25) is 9.48 Å². The van der Waals surface area contributed by atoms with Crippen molar-refractivity contribution in [2.45, 2.75) is 44.6 Å². The van der Waals surface area contributed by atoms with E-state index in [0.29, 0.717) is 5.91 Å². The van der Waals surface area contributed by atoms with Crippen molar-refractivity contribution in [2.24, 2.45) is 18.7 Å². The van der Waals surface area contributed by atoms with Crippen molar-refractivity contribution >= 4 is 18.3 Å². The summed E-state index contributed by atoms with van der Waals surface area (Å²) in [4.78, 5) is 15.1. The van der Waals surface area contributed by atoms with Gasteiger partial charge in [0.25, 0.3) is 0 Å². The summed E-state index contributed by atoms with van der Waals surface area (Å²) in [7, 11) is 2.02. The van der Waals surface area contributed by atoms with Crippen LogP contribution >= 0.6 is 12.4 Å². The number of carbonyl (C=O) groups is 1. The van der Waals surface area contributed by atoms with Gasteiger partial charge in [0, 0.05) is 55.3 Å². The second-order valence-corrected chi connectivity index (χ2v) is 7.71. The third-order valence-corrected chi connectivity index (χ3v) is 5.95. The number of nitrogens with zero attached hydrogens (tertiary/aromatic N) is 3. The molecule has 1 amide bonds. The van der Waals surface area contributed by atoms with E-state index in [-0.39, 0.29) is 24.4 Å². The van der Waals surface area contributed by atoms with Crippen LogP contribution in [0, 0.1) is 5.92 Å². The Hall–Kier alpha value is -1.85. The predicted octanol–water partition coefficient (Wildman–Crippen LogP) is 2.95. The van der Waals surface area contributed by atoms with Crippen molar-refractivity contribution in [2.75, 3.05) is 13.1 Å². The molecule has 2 N–H and O–H groups in total. The average molecular weight is 389 g/mol. The fourth-order valence-corrected chi connectivity index (χ4v) is 4.54. The van der Waals surface area contributed by atoms with Crippen LogP contribution in [0.1, 0.15) is 36.9 Å². The third-order valence-electron chi connectivity index (χ3n) is 5.95. The maximum absolute atomic E-state index is 13.0. The monoisotopic (exact) mass is 388 g/mol. The molecule has 2 atom stereocenters. The summed E-state index contributed by atoms with van der Waals surface area (Å²) in [6, 6.07) is 10.5. The van der Waals surface area contributed by atoms with E-state index in [0.717, 1.165) is 62.9 Å². The fourth-order valence-electron chi connectivity index (χ4n) is 4.54. The van der Waals surface area contributed by atoms with Gasteiger partial charge in [0.05, 0.1) is 5.69 Å². The maximum atomic E-state index is 13.0. The Kier molecular flexibility index (Phi) is 6.22. The highest BCUT2D eigenvalue weighted by Gasteiger charge is 2.31.